The molecule has 2 heteroatoms. The second-order valence-corrected chi connectivity index (χ2v) is 3.15. The topological polar surface area (TPSA) is 52.0 Å². The first-order chi connectivity index (χ1) is 5.57. The maximum atomic E-state index is 5.91. The van der Waals surface area contributed by atoms with Crippen LogP contribution in [0.5, 0.6) is 0 Å². The SMILES string of the molecule is CCc1c(C)c(N)cc(C)c1N. The van der Waals surface area contributed by atoms with E-state index in [0.29, 0.717) is 0 Å². The van der Waals surface area contributed by atoms with E-state index in [9.17, 15) is 0 Å². The molecule has 1 rings (SSSR count). The molecule has 0 amide bonds. The molecule has 0 aromatic heterocycles. The van der Waals surface area contributed by atoms with Crippen molar-refractivity contribution in [2.24, 2.45) is 0 Å². The third kappa shape index (κ3) is 1.24. The molecule has 0 spiro atoms. The Labute approximate surface area is 73.6 Å². The van der Waals surface area contributed by atoms with Crippen molar-refractivity contribution in [3.05, 3.63) is 22.8 Å². The van der Waals surface area contributed by atoms with Gasteiger partial charge in [0.25, 0.3) is 0 Å². The van der Waals surface area contributed by atoms with Crippen molar-refractivity contribution in [3.8, 4) is 0 Å². The number of hydrogen-bond donors (Lipinski definition) is 2. The zero-order chi connectivity index (χ0) is 9.30. The van der Waals surface area contributed by atoms with Crippen molar-refractivity contribution in [2.45, 2.75) is 27.2 Å². The fraction of sp³-hybridized carbons (Fsp3) is 0.400. The lowest BCUT2D eigenvalue weighted by Gasteiger charge is -2.12. The zero-order valence-electron chi connectivity index (χ0n) is 7.94. The lowest BCUT2D eigenvalue weighted by Crippen LogP contribution is -2.02. The summed E-state index contributed by atoms with van der Waals surface area (Å²) in [7, 11) is 0. The van der Waals surface area contributed by atoms with Crippen molar-refractivity contribution < 1.29 is 0 Å². The highest BCUT2D eigenvalue weighted by atomic mass is 14.6. The summed E-state index contributed by atoms with van der Waals surface area (Å²) in [6.07, 6.45) is 0.948. The molecule has 0 heterocycles. The normalized spacial score (nSPS) is 10.2. The van der Waals surface area contributed by atoms with Crippen LogP contribution in [0.2, 0.25) is 0 Å². The number of anilines is 2. The number of nitrogens with two attached hydrogens (primary N) is 2. The van der Waals surface area contributed by atoms with Gasteiger partial charge in [0, 0.05) is 11.4 Å². The number of benzene rings is 1. The average Bonchev–Trinajstić information content (AvgIpc) is 2.02. The minimum atomic E-state index is 0.846. The van der Waals surface area contributed by atoms with Gasteiger partial charge in [0.1, 0.15) is 0 Å². The molecule has 0 saturated heterocycles. The van der Waals surface area contributed by atoms with E-state index in [1.807, 2.05) is 19.9 Å². The first-order valence-electron chi connectivity index (χ1n) is 4.22. The first-order valence-corrected chi connectivity index (χ1v) is 4.22. The van der Waals surface area contributed by atoms with E-state index in [1.54, 1.807) is 0 Å². The maximum Gasteiger partial charge on any atom is 0.0380 e. The van der Waals surface area contributed by atoms with E-state index < -0.39 is 0 Å². The van der Waals surface area contributed by atoms with Crippen LogP contribution < -0.4 is 11.5 Å². The predicted octanol–water partition coefficient (Wildman–Crippen LogP) is 2.03. The number of hydrogen-bond acceptors (Lipinski definition) is 2. The van der Waals surface area contributed by atoms with E-state index in [1.165, 1.54) is 5.56 Å². The van der Waals surface area contributed by atoms with Gasteiger partial charge >= 0.3 is 0 Å². The van der Waals surface area contributed by atoms with Crippen LogP contribution >= 0.6 is 0 Å². The fourth-order valence-corrected chi connectivity index (χ4v) is 1.49. The van der Waals surface area contributed by atoms with Crippen LogP contribution in [0.3, 0.4) is 0 Å². The monoisotopic (exact) mass is 164 g/mol. The highest BCUT2D eigenvalue weighted by Crippen LogP contribution is 2.26. The molecular weight excluding hydrogens is 148 g/mol. The van der Waals surface area contributed by atoms with Crippen molar-refractivity contribution in [3.63, 3.8) is 0 Å². The summed E-state index contributed by atoms with van der Waals surface area (Å²) in [5, 5.41) is 0. The minimum Gasteiger partial charge on any atom is -0.398 e. The van der Waals surface area contributed by atoms with Crippen molar-refractivity contribution in [1.29, 1.82) is 0 Å². The molecule has 12 heavy (non-hydrogen) atoms. The molecule has 66 valence electrons. The zero-order valence-corrected chi connectivity index (χ0v) is 7.94. The maximum absolute atomic E-state index is 5.91. The second kappa shape index (κ2) is 3.05. The van der Waals surface area contributed by atoms with Gasteiger partial charge in [-0.05, 0) is 43.0 Å². The van der Waals surface area contributed by atoms with E-state index >= 15 is 0 Å². The van der Waals surface area contributed by atoms with Crippen LogP contribution in [-0.4, -0.2) is 0 Å². The lowest BCUT2D eigenvalue weighted by atomic mass is 9.99. The standard InChI is InChI=1S/C10H16N2/c1-4-8-7(3)9(11)5-6(2)10(8)12/h5H,4,11-12H2,1-3H3. The summed E-state index contributed by atoms with van der Waals surface area (Å²) >= 11 is 0. The molecule has 0 bridgehead atoms. The van der Waals surface area contributed by atoms with E-state index in [4.69, 9.17) is 11.5 Å². The molecule has 1 aromatic carbocycles. The first kappa shape index (κ1) is 8.91. The molecule has 0 fully saturated rings. The van der Waals surface area contributed by atoms with Crippen molar-refractivity contribution in [2.75, 3.05) is 11.5 Å². The molecule has 0 aliphatic carbocycles. The predicted molar refractivity (Wildman–Crippen MR) is 54.1 cm³/mol. The molecule has 0 atom stereocenters. The largest absolute Gasteiger partial charge is 0.398 e. The minimum absolute atomic E-state index is 0.846. The average molecular weight is 164 g/mol. The summed E-state index contributed by atoms with van der Waals surface area (Å²) in [6, 6.07) is 1.93. The van der Waals surface area contributed by atoms with E-state index in [-0.39, 0.29) is 0 Å². The quantitative estimate of drug-likeness (QED) is 0.624. The summed E-state index contributed by atoms with van der Waals surface area (Å²) in [4.78, 5) is 0. The van der Waals surface area contributed by atoms with Gasteiger partial charge in [-0.25, -0.2) is 0 Å². The third-order valence-electron chi connectivity index (χ3n) is 2.36. The Morgan fingerprint density at radius 1 is 1.25 bits per heavy atom. The van der Waals surface area contributed by atoms with Gasteiger partial charge in [-0.1, -0.05) is 6.92 Å². The Bertz CT molecular complexity index is 277. The van der Waals surface area contributed by atoms with Gasteiger partial charge in [0.15, 0.2) is 0 Å². The van der Waals surface area contributed by atoms with E-state index in [2.05, 4.69) is 6.92 Å². The van der Waals surface area contributed by atoms with Gasteiger partial charge < -0.3 is 11.5 Å². The summed E-state index contributed by atoms with van der Waals surface area (Å²) in [5.41, 5.74) is 16.8. The van der Waals surface area contributed by atoms with Gasteiger partial charge in [-0.15, -0.1) is 0 Å². The molecule has 0 saturated carbocycles. The van der Waals surface area contributed by atoms with Crippen LogP contribution in [0.15, 0.2) is 6.07 Å². The Morgan fingerprint density at radius 3 is 2.33 bits per heavy atom. The number of aryl methyl sites for hydroxylation is 1. The second-order valence-electron chi connectivity index (χ2n) is 3.15. The third-order valence-corrected chi connectivity index (χ3v) is 2.36. The van der Waals surface area contributed by atoms with Gasteiger partial charge in [0.05, 0.1) is 0 Å². The molecule has 2 nitrogen and oxygen atoms in total. The molecule has 0 aliphatic rings. The fourth-order valence-electron chi connectivity index (χ4n) is 1.49. The van der Waals surface area contributed by atoms with Crippen LogP contribution in [0.1, 0.15) is 23.6 Å². The lowest BCUT2D eigenvalue weighted by molar-refractivity contribution is 1.11. The Morgan fingerprint density at radius 2 is 1.83 bits per heavy atom. The molecule has 1 aromatic rings. The Kier molecular flexibility index (Phi) is 2.27. The summed E-state index contributed by atoms with van der Waals surface area (Å²) < 4.78 is 0. The van der Waals surface area contributed by atoms with Gasteiger partial charge in [0.2, 0.25) is 0 Å². The van der Waals surface area contributed by atoms with Crippen LogP contribution in [-0.2, 0) is 6.42 Å². The Hall–Kier alpha value is -1.18. The van der Waals surface area contributed by atoms with E-state index in [0.717, 1.165) is 28.9 Å². The van der Waals surface area contributed by atoms with Crippen LogP contribution in [0.25, 0.3) is 0 Å². The van der Waals surface area contributed by atoms with Crippen LogP contribution in [0.4, 0.5) is 11.4 Å². The highest BCUT2D eigenvalue weighted by molar-refractivity contribution is 5.65. The van der Waals surface area contributed by atoms with Gasteiger partial charge in [-0.3, -0.25) is 0 Å². The summed E-state index contributed by atoms with van der Waals surface area (Å²) in [6.45, 7) is 6.10. The summed E-state index contributed by atoms with van der Waals surface area (Å²) in [5.74, 6) is 0. The highest BCUT2D eigenvalue weighted by Gasteiger charge is 2.06. The number of nitrogen functional groups attached to an aromatic ring is 2. The Balaban J connectivity index is 3.42. The smallest absolute Gasteiger partial charge is 0.0380 e. The number of rotatable bonds is 1. The molecular formula is C10H16N2. The van der Waals surface area contributed by atoms with Gasteiger partial charge in [-0.2, -0.15) is 0 Å². The van der Waals surface area contributed by atoms with Crippen LogP contribution in [0, 0.1) is 13.8 Å². The molecule has 0 radical (unpaired) electrons. The molecule has 4 N–H and O–H groups in total. The van der Waals surface area contributed by atoms with Crippen molar-refractivity contribution >= 4 is 11.4 Å². The molecule has 0 unspecified atom stereocenters. The molecule has 0 aliphatic heterocycles. The van der Waals surface area contributed by atoms with Crippen molar-refractivity contribution in [1.82, 2.24) is 0 Å².